The van der Waals surface area contributed by atoms with Gasteiger partial charge in [0, 0.05) is 6.92 Å². The molecule has 0 aliphatic rings. The second-order valence-electron chi connectivity index (χ2n) is 15.9. The summed E-state index contributed by atoms with van der Waals surface area (Å²) in [6.07, 6.45) is 1.07. The Kier molecular flexibility index (Phi) is 17.6. The lowest BCUT2D eigenvalue weighted by atomic mass is 9.94. The molecule has 58 heavy (non-hydrogen) atoms. The van der Waals surface area contributed by atoms with E-state index in [0.717, 1.165) is 5.56 Å². The molecular formula is C42H54O16. The second kappa shape index (κ2) is 21.1. The van der Waals surface area contributed by atoms with Crippen LogP contribution >= 0.6 is 0 Å². The van der Waals surface area contributed by atoms with E-state index in [9.17, 15) is 38.4 Å². The lowest BCUT2D eigenvalue weighted by Gasteiger charge is -2.31. The first-order chi connectivity index (χ1) is 26.8. The van der Waals surface area contributed by atoms with Gasteiger partial charge in [-0.05, 0) is 118 Å². The third-order valence-corrected chi connectivity index (χ3v) is 8.16. The number of esters is 8. The van der Waals surface area contributed by atoms with Gasteiger partial charge in [0.1, 0.15) is 22.4 Å². The van der Waals surface area contributed by atoms with Crippen molar-refractivity contribution in [1.82, 2.24) is 0 Å². The Bertz CT molecular complexity index is 1820. The molecule has 0 atom stereocenters. The Hall–Kier alpha value is -5.80. The van der Waals surface area contributed by atoms with Crippen LogP contribution in [0.25, 0.3) is 0 Å². The van der Waals surface area contributed by atoms with E-state index in [1.54, 1.807) is 73.6 Å². The molecule has 2 aromatic carbocycles. The monoisotopic (exact) mass is 814 g/mol. The largest absolute Gasteiger partial charge is 0.457 e. The van der Waals surface area contributed by atoms with Crippen molar-refractivity contribution in [3.05, 3.63) is 70.8 Å². The Balaban J connectivity index is 1.78. The number of carbonyl (C=O) groups excluding carboxylic acids is 8. The minimum Gasteiger partial charge on any atom is -0.457 e. The summed E-state index contributed by atoms with van der Waals surface area (Å²) < 4.78 is 41.7. The Morgan fingerprint density at radius 2 is 0.707 bits per heavy atom. The fourth-order valence-electron chi connectivity index (χ4n) is 5.09. The van der Waals surface area contributed by atoms with E-state index < -0.39 is 96.6 Å². The molecule has 16 nitrogen and oxygen atoms in total. The minimum absolute atomic E-state index is 0.0738. The van der Waals surface area contributed by atoms with Crippen LogP contribution in [0.4, 0.5) is 0 Å². The van der Waals surface area contributed by atoms with Crippen LogP contribution in [0.5, 0.6) is 0 Å². The molecule has 0 aliphatic heterocycles. The lowest BCUT2D eigenvalue weighted by Crippen LogP contribution is -2.36. The van der Waals surface area contributed by atoms with E-state index in [2.05, 4.69) is 4.74 Å². The predicted molar refractivity (Wildman–Crippen MR) is 204 cm³/mol. The Labute approximate surface area is 338 Å². The summed E-state index contributed by atoms with van der Waals surface area (Å²) in [6, 6.07) is 12.0. The summed E-state index contributed by atoms with van der Waals surface area (Å²) in [5.74, 6) is -6.30. The van der Waals surface area contributed by atoms with E-state index >= 15 is 0 Å². The molecule has 318 valence electrons. The number of rotatable bonds is 21. The molecule has 0 saturated carbocycles. The first kappa shape index (κ1) is 48.3. The van der Waals surface area contributed by atoms with Crippen LogP contribution in [0, 0.1) is 6.92 Å². The van der Waals surface area contributed by atoms with Gasteiger partial charge in [0.15, 0.2) is 26.4 Å². The summed E-state index contributed by atoms with van der Waals surface area (Å²) in [6.45, 7) is 13.6. The first-order valence-corrected chi connectivity index (χ1v) is 18.5. The van der Waals surface area contributed by atoms with Crippen LogP contribution in [-0.4, -0.2) is 96.6 Å². The summed E-state index contributed by atoms with van der Waals surface area (Å²) in [5.41, 5.74) is -3.02. The summed E-state index contributed by atoms with van der Waals surface area (Å²) in [7, 11) is 0. The maximum atomic E-state index is 12.7. The normalized spacial score (nSPS) is 11.7. The zero-order valence-corrected chi connectivity index (χ0v) is 34.8. The van der Waals surface area contributed by atoms with Gasteiger partial charge in [-0.2, -0.15) is 0 Å². The summed E-state index contributed by atoms with van der Waals surface area (Å²) in [4.78, 5) is 98.0. The number of hydrogen-bond donors (Lipinski definition) is 0. The SMILES string of the molecule is CC(=O)OCC(=O)OC(C)(C)CCC(C)(C)OC(=O)COC(=O)c1cccc(C(=O)OCC(=O)OC(C)(C)CCC(C)(C)OC(=O)COC(=O)c2cccc(C)c2)c1. The Morgan fingerprint density at radius 1 is 0.431 bits per heavy atom. The highest BCUT2D eigenvalue weighted by Crippen LogP contribution is 2.27. The highest BCUT2D eigenvalue weighted by molar-refractivity contribution is 5.96. The molecule has 0 aromatic heterocycles. The average Bonchev–Trinajstić information content (AvgIpc) is 3.12. The van der Waals surface area contributed by atoms with Gasteiger partial charge < -0.3 is 37.9 Å². The zero-order chi connectivity index (χ0) is 43.9. The lowest BCUT2D eigenvalue weighted by molar-refractivity contribution is -0.170. The van der Waals surface area contributed by atoms with Crippen molar-refractivity contribution in [3.8, 4) is 0 Å². The molecule has 16 heteroatoms. The smallest absolute Gasteiger partial charge is 0.344 e. The van der Waals surface area contributed by atoms with E-state index in [-0.39, 0.29) is 36.8 Å². The van der Waals surface area contributed by atoms with Crippen LogP contribution in [-0.2, 0) is 61.9 Å². The maximum Gasteiger partial charge on any atom is 0.344 e. The molecule has 0 spiro atoms. The predicted octanol–water partition coefficient (Wildman–Crippen LogP) is 5.58. The zero-order valence-electron chi connectivity index (χ0n) is 34.8. The molecule has 0 amide bonds. The van der Waals surface area contributed by atoms with Gasteiger partial charge in [0.05, 0.1) is 16.7 Å². The third kappa shape index (κ3) is 18.9. The molecule has 2 aromatic rings. The van der Waals surface area contributed by atoms with Crippen LogP contribution in [0.1, 0.15) is 125 Å². The van der Waals surface area contributed by atoms with Gasteiger partial charge in [-0.3, -0.25) is 4.79 Å². The molecule has 0 unspecified atom stereocenters. The van der Waals surface area contributed by atoms with Gasteiger partial charge >= 0.3 is 47.8 Å². The maximum absolute atomic E-state index is 12.7. The van der Waals surface area contributed by atoms with Crippen molar-refractivity contribution in [2.45, 2.75) is 117 Å². The molecule has 0 heterocycles. The van der Waals surface area contributed by atoms with Gasteiger partial charge in [-0.25, -0.2) is 33.6 Å². The quantitative estimate of drug-likeness (QED) is 0.111. The van der Waals surface area contributed by atoms with E-state index in [4.69, 9.17) is 33.2 Å². The third-order valence-electron chi connectivity index (χ3n) is 8.16. The van der Waals surface area contributed by atoms with Crippen molar-refractivity contribution in [2.75, 3.05) is 26.4 Å². The molecule has 0 fully saturated rings. The Morgan fingerprint density at radius 3 is 1.00 bits per heavy atom. The van der Waals surface area contributed by atoms with Crippen LogP contribution in [0.3, 0.4) is 0 Å². The second-order valence-corrected chi connectivity index (χ2v) is 15.9. The highest BCUT2D eigenvalue weighted by atomic mass is 16.6. The number of ether oxygens (including phenoxy) is 8. The molecule has 0 radical (unpaired) electrons. The fourth-order valence-corrected chi connectivity index (χ4v) is 5.09. The number of hydrogen-bond acceptors (Lipinski definition) is 16. The van der Waals surface area contributed by atoms with Crippen molar-refractivity contribution >= 4 is 47.8 Å². The van der Waals surface area contributed by atoms with Crippen LogP contribution in [0.2, 0.25) is 0 Å². The summed E-state index contributed by atoms with van der Waals surface area (Å²) >= 11 is 0. The topological polar surface area (TPSA) is 210 Å². The van der Waals surface area contributed by atoms with E-state index in [1.807, 2.05) is 13.0 Å². The molecule has 0 saturated heterocycles. The van der Waals surface area contributed by atoms with Crippen molar-refractivity contribution in [3.63, 3.8) is 0 Å². The average molecular weight is 815 g/mol. The molecule has 0 N–H and O–H groups in total. The van der Waals surface area contributed by atoms with Gasteiger partial charge in [0.25, 0.3) is 0 Å². The highest BCUT2D eigenvalue weighted by Gasteiger charge is 2.32. The van der Waals surface area contributed by atoms with Crippen LogP contribution < -0.4 is 0 Å². The van der Waals surface area contributed by atoms with Gasteiger partial charge in [0.2, 0.25) is 0 Å². The number of aryl methyl sites for hydroxylation is 1. The number of benzene rings is 2. The van der Waals surface area contributed by atoms with E-state index in [0.29, 0.717) is 5.56 Å². The number of carbonyl (C=O) groups is 8. The minimum atomic E-state index is -1.05. The van der Waals surface area contributed by atoms with Gasteiger partial charge in [-0.1, -0.05) is 23.8 Å². The molecule has 0 aliphatic carbocycles. The standard InChI is InChI=1S/C42H54O16/c1-27-13-11-14-29(21-27)36(48)52-24-33(45)56-41(7,8)19-20-42(9,10)58-35(47)26-54-38(50)31-16-12-15-30(22-31)37(49)53-25-34(46)57-40(5,6)18-17-39(3,4)55-32(44)23-51-28(2)43/h11-16,21-22H,17-20,23-26H2,1-10H3. The molecular weight excluding hydrogens is 760 g/mol. The fraction of sp³-hybridized carbons (Fsp3) is 0.524. The first-order valence-electron chi connectivity index (χ1n) is 18.5. The van der Waals surface area contributed by atoms with Crippen molar-refractivity contribution in [1.29, 1.82) is 0 Å². The molecule has 2 rings (SSSR count). The van der Waals surface area contributed by atoms with Gasteiger partial charge in [-0.15, -0.1) is 0 Å². The van der Waals surface area contributed by atoms with Crippen molar-refractivity contribution in [2.24, 2.45) is 0 Å². The van der Waals surface area contributed by atoms with Crippen LogP contribution in [0.15, 0.2) is 48.5 Å². The van der Waals surface area contributed by atoms with E-state index in [1.165, 1.54) is 31.2 Å². The van der Waals surface area contributed by atoms with Crippen molar-refractivity contribution < 1.29 is 76.3 Å². The molecule has 0 bridgehead atoms. The summed E-state index contributed by atoms with van der Waals surface area (Å²) in [5, 5.41) is 0.